The maximum atomic E-state index is 9.55. The van der Waals surface area contributed by atoms with Crippen molar-refractivity contribution in [3.8, 4) is 0 Å². The molecule has 4 N–H and O–H groups in total. The number of nitrogens with two attached hydrogens (primary N) is 1. The molecule has 0 unspecified atom stereocenters. The first-order chi connectivity index (χ1) is 6.43. The first-order valence-electron chi connectivity index (χ1n) is 4.33. The van der Waals surface area contributed by atoms with Crippen LogP contribution in [-0.4, -0.2) is 28.2 Å². The van der Waals surface area contributed by atoms with Crippen molar-refractivity contribution in [3.63, 3.8) is 0 Å². The molecule has 0 saturated heterocycles. The Morgan fingerprint density at radius 1 is 1.14 bits per heavy atom. The van der Waals surface area contributed by atoms with Gasteiger partial charge in [0.15, 0.2) is 0 Å². The largest absolute Gasteiger partial charge is 0.478 e. The van der Waals surface area contributed by atoms with Crippen LogP contribution in [0, 0.1) is 0 Å². The minimum Gasteiger partial charge on any atom is -0.478 e. The summed E-state index contributed by atoms with van der Waals surface area (Å²) in [6.45, 7) is 4.21. The first kappa shape index (κ1) is 15.1. The van der Waals surface area contributed by atoms with Crippen LogP contribution in [0.2, 0.25) is 0 Å². The summed E-state index contributed by atoms with van der Waals surface area (Å²) in [7, 11) is 0. The van der Waals surface area contributed by atoms with E-state index >= 15 is 0 Å². The van der Waals surface area contributed by atoms with Crippen molar-refractivity contribution >= 4 is 11.9 Å². The number of aliphatic carboxylic acids is 2. The highest BCUT2D eigenvalue weighted by atomic mass is 16.4. The summed E-state index contributed by atoms with van der Waals surface area (Å²) in [4.78, 5) is 19.1. The number of hydrogen-bond acceptors (Lipinski definition) is 3. The summed E-state index contributed by atoms with van der Waals surface area (Å²) in [5.41, 5.74) is 5.47. The molecule has 0 aromatic rings. The molecule has 0 amide bonds. The van der Waals surface area contributed by atoms with Crippen LogP contribution in [0.15, 0.2) is 12.2 Å². The monoisotopic (exact) mass is 203 g/mol. The van der Waals surface area contributed by atoms with Crippen LogP contribution in [0.5, 0.6) is 0 Å². The van der Waals surface area contributed by atoms with Crippen molar-refractivity contribution in [1.29, 1.82) is 0 Å². The maximum absolute atomic E-state index is 9.55. The highest BCUT2D eigenvalue weighted by Gasteiger charge is 1.89. The van der Waals surface area contributed by atoms with Crippen molar-refractivity contribution in [2.45, 2.75) is 32.7 Å². The van der Waals surface area contributed by atoms with E-state index in [-0.39, 0.29) is 0 Å². The normalized spacial score (nSPS) is 9.71. The lowest BCUT2D eigenvalue weighted by molar-refractivity contribution is -0.134. The average molecular weight is 203 g/mol. The minimum absolute atomic E-state index is 0.435. The van der Waals surface area contributed by atoms with Crippen LogP contribution in [0.3, 0.4) is 0 Å². The Morgan fingerprint density at radius 3 is 1.50 bits per heavy atom. The molecule has 0 spiro atoms. The van der Waals surface area contributed by atoms with E-state index in [4.69, 9.17) is 15.9 Å². The summed E-state index contributed by atoms with van der Waals surface area (Å²) in [6, 6.07) is 0.435. The molecule has 0 saturated carbocycles. The van der Waals surface area contributed by atoms with Crippen molar-refractivity contribution in [2.75, 3.05) is 0 Å². The fraction of sp³-hybridized carbons (Fsp3) is 0.556. The molecule has 14 heavy (non-hydrogen) atoms. The van der Waals surface area contributed by atoms with Crippen molar-refractivity contribution in [2.24, 2.45) is 5.73 Å². The lowest BCUT2D eigenvalue weighted by Crippen LogP contribution is -2.16. The second-order valence-electron chi connectivity index (χ2n) is 2.59. The molecule has 0 aliphatic rings. The van der Waals surface area contributed by atoms with E-state index in [9.17, 15) is 9.59 Å². The Labute approximate surface area is 83.2 Å². The topological polar surface area (TPSA) is 101 Å². The highest BCUT2D eigenvalue weighted by Crippen LogP contribution is 1.88. The molecule has 0 aromatic carbocycles. The van der Waals surface area contributed by atoms with Crippen LogP contribution in [0.1, 0.15) is 26.7 Å². The zero-order valence-corrected chi connectivity index (χ0v) is 8.43. The van der Waals surface area contributed by atoms with E-state index in [1.54, 1.807) is 0 Å². The van der Waals surface area contributed by atoms with Gasteiger partial charge in [0.1, 0.15) is 0 Å². The van der Waals surface area contributed by atoms with Gasteiger partial charge in [-0.15, -0.1) is 0 Å². The van der Waals surface area contributed by atoms with Crippen LogP contribution < -0.4 is 5.73 Å². The van der Waals surface area contributed by atoms with E-state index in [2.05, 4.69) is 13.8 Å². The fourth-order valence-electron chi connectivity index (χ4n) is 0.431. The zero-order valence-electron chi connectivity index (χ0n) is 8.43. The predicted octanol–water partition coefficient (Wildman–Crippen LogP) is 0.845. The van der Waals surface area contributed by atoms with Gasteiger partial charge in [-0.25, -0.2) is 9.59 Å². The van der Waals surface area contributed by atoms with Crippen molar-refractivity contribution in [1.82, 2.24) is 0 Å². The van der Waals surface area contributed by atoms with E-state index in [0.717, 1.165) is 12.8 Å². The van der Waals surface area contributed by atoms with Gasteiger partial charge in [-0.1, -0.05) is 13.8 Å². The van der Waals surface area contributed by atoms with Gasteiger partial charge < -0.3 is 15.9 Å². The fourth-order valence-corrected chi connectivity index (χ4v) is 0.431. The SMILES string of the molecule is CCC(N)CC.O=C(O)/C=C\C(=O)O. The van der Waals surface area contributed by atoms with Gasteiger partial charge in [-0.3, -0.25) is 0 Å². The number of carbonyl (C=O) groups is 2. The number of carboxylic acids is 2. The molecule has 0 rings (SSSR count). The van der Waals surface area contributed by atoms with Crippen molar-refractivity contribution < 1.29 is 19.8 Å². The third kappa shape index (κ3) is 16.9. The zero-order chi connectivity index (χ0) is 11.6. The minimum atomic E-state index is -1.26. The Hall–Kier alpha value is -1.36. The van der Waals surface area contributed by atoms with Gasteiger partial charge in [-0.2, -0.15) is 0 Å². The number of rotatable bonds is 4. The predicted molar refractivity (Wildman–Crippen MR) is 53.0 cm³/mol. The molecule has 0 aliphatic heterocycles. The van der Waals surface area contributed by atoms with E-state index in [0.29, 0.717) is 18.2 Å². The maximum Gasteiger partial charge on any atom is 0.328 e. The van der Waals surface area contributed by atoms with E-state index in [1.165, 1.54) is 0 Å². The van der Waals surface area contributed by atoms with Gasteiger partial charge in [-0.05, 0) is 12.8 Å². The Balaban J connectivity index is 0. The second-order valence-corrected chi connectivity index (χ2v) is 2.59. The van der Waals surface area contributed by atoms with Crippen LogP contribution in [0.25, 0.3) is 0 Å². The van der Waals surface area contributed by atoms with Crippen LogP contribution >= 0.6 is 0 Å². The lowest BCUT2D eigenvalue weighted by Gasteiger charge is -1.99. The molecule has 0 fully saturated rings. The van der Waals surface area contributed by atoms with E-state index in [1.807, 2.05) is 0 Å². The quantitative estimate of drug-likeness (QED) is 0.588. The third-order valence-electron chi connectivity index (χ3n) is 1.42. The highest BCUT2D eigenvalue weighted by molar-refractivity contribution is 5.89. The summed E-state index contributed by atoms with van der Waals surface area (Å²) < 4.78 is 0. The Bertz CT molecular complexity index is 181. The van der Waals surface area contributed by atoms with E-state index < -0.39 is 11.9 Å². The molecule has 0 bridgehead atoms. The molecular formula is C9H17NO4. The second kappa shape index (κ2) is 9.73. The molecule has 0 aliphatic carbocycles. The molecule has 0 heterocycles. The van der Waals surface area contributed by atoms with Crippen LogP contribution in [0.4, 0.5) is 0 Å². The Morgan fingerprint density at radius 2 is 1.43 bits per heavy atom. The molecule has 82 valence electrons. The molecule has 5 heteroatoms. The average Bonchev–Trinajstić information content (AvgIpc) is 2.14. The van der Waals surface area contributed by atoms with Gasteiger partial charge >= 0.3 is 11.9 Å². The van der Waals surface area contributed by atoms with Gasteiger partial charge in [0.25, 0.3) is 0 Å². The number of carboxylic acid groups (broad SMARTS) is 2. The lowest BCUT2D eigenvalue weighted by atomic mass is 10.2. The summed E-state index contributed by atoms with van der Waals surface area (Å²) in [5, 5.41) is 15.6. The van der Waals surface area contributed by atoms with Gasteiger partial charge in [0.05, 0.1) is 0 Å². The smallest absolute Gasteiger partial charge is 0.328 e. The summed E-state index contributed by atoms with van der Waals surface area (Å²) in [5.74, 6) is -2.51. The molecular weight excluding hydrogens is 186 g/mol. The van der Waals surface area contributed by atoms with Crippen molar-refractivity contribution in [3.05, 3.63) is 12.2 Å². The van der Waals surface area contributed by atoms with Gasteiger partial charge in [0, 0.05) is 18.2 Å². The summed E-state index contributed by atoms with van der Waals surface area (Å²) >= 11 is 0. The third-order valence-corrected chi connectivity index (χ3v) is 1.42. The molecule has 0 aromatic heterocycles. The standard InChI is InChI=1S/C5H13N.C4H4O4/c1-3-5(6)4-2;5-3(6)1-2-4(7)8/h5H,3-4,6H2,1-2H3;1-2H,(H,5,6)(H,7,8)/b;2-1-. The molecule has 0 radical (unpaired) electrons. The molecule has 5 nitrogen and oxygen atoms in total. The number of hydrogen-bond donors (Lipinski definition) is 3. The van der Waals surface area contributed by atoms with Gasteiger partial charge in [0.2, 0.25) is 0 Å². The molecule has 0 atom stereocenters. The van der Waals surface area contributed by atoms with Crippen LogP contribution in [-0.2, 0) is 9.59 Å². The summed E-state index contributed by atoms with van der Waals surface area (Å²) in [6.07, 6.45) is 3.33. The Kier molecular flexibility index (Phi) is 10.5. The first-order valence-corrected chi connectivity index (χ1v) is 4.33.